The van der Waals surface area contributed by atoms with E-state index in [0.717, 1.165) is 16.5 Å². The SMILES string of the molecule is N=C(N)c1ccc(OC(=O)c2cc3c(s2)CN(CC(=O)C[C@@H](CCC(=O)O)C(=O)O)CC3)c(F)c1. The lowest BCUT2D eigenvalue weighted by molar-refractivity contribution is -0.145. The average Bonchev–Trinajstić information content (AvgIpc) is 3.21. The lowest BCUT2D eigenvalue weighted by Gasteiger charge is -2.26. The number of Topliss-reactive ketones (excluding diaryl/α,β-unsaturated/α-hetero) is 1. The highest BCUT2D eigenvalue weighted by atomic mass is 32.1. The van der Waals surface area contributed by atoms with Gasteiger partial charge < -0.3 is 20.7 Å². The Bertz CT molecular complexity index is 1180. The van der Waals surface area contributed by atoms with Crippen molar-refractivity contribution in [1.29, 1.82) is 5.41 Å². The maximum atomic E-state index is 14.2. The van der Waals surface area contributed by atoms with Gasteiger partial charge in [-0.15, -0.1) is 11.3 Å². The highest BCUT2D eigenvalue weighted by molar-refractivity contribution is 7.14. The molecule has 1 atom stereocenters. The number of thiophene rings is 1. The van der Waals surface area contributed by atoms with Crippen molar-refractivity contribution in [3.05, 3.63) is 51.0 Å². The van der Waals surface area contributed by atoms with Crippen molar-refractivity contribution in [2.45, 2.75) is 32.2 Å². The van der Waals surface area contributed by atoms with Gasteiger partial charge in [-0.3, -0.25) is 24.7 Å². The Kier molecular flexibility index (Phi) is 8.30. The Morgan fingerprint density at radius 1 is 1.23 bits per heavy atom. The van der Waals surface area contributed by atoms with Gasteiger partial charge in [-0.25, -0.2) is 9.18 Å². The highest BCUT2D eigenvalue weighted by Gasteiger charge is 2.27. The second-order valence-electron chi connectivity index (χ2n) is 8.18. The molecule has 1 aromatic carbocycles. The number of fused-ring (bicyclic) bond motifs is 1. The van der Waals surface area contributed by atoms with Crippen LogP contribution in [0.2, 0.25) is 0 Å². The van der Waals surface area contributed by atoms with Crippen LogP contribution in [-0.2, 0) is 27.3 Å². The van der Waals surface area contributed by atoms with E-state index in [9.17, 15) is 28.7 Å². The second-order valence-corrected chi connectivity index (χ2v) is 9.32. The topological polar surface area (TPSA) is 171 Å². The molecule has 2 heterocycles. The van der Waals surface area contributed by atoms with Crippen LogP contribution in [0.1, 0.15) is 44.9 Å². The number of carbonyl (C=O) groups is 4. The van der Waals surface area contributed by atoms with Crippen LogP contribution in [0.15, 0.2) is 24.3 Å². The first-order valence-electron chi connectivity index (χ1n) is 10.7. The Labute approximate surface area is 203 Å². The fourth-order valence-electron chi connectivity index (χ4n) is 3.71. The first kappa shape index (κ1) is 26.0. The van der Waals surface area contributed by atoms with Gasteiger partial charge in [0, 0.05) is 36.4 Å². The van der Waals surface area contributed by atoms with Crippen molar-refractivity contribution >= 4 is 40.9 Å². The number of halogens is 1. The van der Waals surface area contributed by atoms with Gasteiger partial charge in [0.25, 0.3) is 0 Å². The number of nitrogens with zero attached hydrogens (tertiary/aromatic N) is 1. The quantitative estimate of drug-likeness (QED) is 0.155. The van der Waals surface area contributed by atoms with E-state index in [1.807, 2.05) is 4.90 Å². The predicted octanol–water partition coefficient (Wildman–Crippen LogP) is 2.27. The Hall–Kier alpha value is -3.64. The Morgan fingerprint density at radius 3 is 2.60 bits per heavy atom. The molecule has 1 aliphatic heterocycles. The van der Waals surface area contributed by atoms with E-state index in [4.69, 9.17) is 21.0 Å². The van der Waals surface area contributed by atoms with Crippen LogP contribution in [0.3, 0.4) is 0 Å². The van der Waals surface area contributed by atoms with Gasteiger partial charge in [-0.2, -0.15) is 0 Å². The number of carboxylic acids is 2. The normalized spacial score (nSPS) is 14.1. The molecule has 10 nitrogen and oxygen atoms in total. The lowest BCUT2D eigenvalue weighted by atomic mass is 9.96. The van der Waals surface area contributed by atoms with Crippen LogP contribution >= 0.6 is 11.3 Å². The Balaban J connectivity index is 1.59. The minimum absolute atomic E-state index is 0.0156. The largest absolute Gasteiger partial charge is 0.481 e. The molecule has 0 saturated carbocycles. The van der Waals surface area contributed by atoms with Crippen molar-refractivity contribution in [2.75, 3.05) is 13.1 Å². The molecule has 186 valence electrons. The maximum absolute atomic E-state index is 14.2. The molecular formula is C23H24FN3O7S. The molecule has 0 aliphatic carbocycles. The molecule has 1 aliphatic rings. The zero-order valence-electron chi connectivity index (χ0n) is 18.6. The summed E-state index contributed by atoms with van der Waals surface area (Å²) in [5.41, 5.74) is 6.41. The monoisotopic (exact) mass is 505 g/mol. The molecule has 0 spiro atoms. The first-order valence-corrected chi connectivity index (χ1v) is 11.5. The van der Waals surface area contributed by atoms with Crippen LogP contribution in [0.25, 0.3) is 0 Å². The third-order valence-electron chi connectivity index (χ3n) is 5.54. The summed E-state index contributed by atoms with van der Waals surface area (Å²) in [5, 5.41) is 25.3. The number of rotatable bonds is 11. The number of nitrogens with one attached hydrogen (secondary N) is 1. The molecule has 35 heavy (non-hydrogen) atoms. The van der Waals surface area contributed by atoms with Gasteiger partial charge >= 0.3 is 17.9 Å². The fraction of sp³-hybridized carbons (Fsp3) is 0.348. The number of carboxylic acid groups (broad SMARTS) is 2. The zero-order valence-corrected chi connectivity index (χ0v) is 19.4. The van der Waals surface area contributed by atoms with Crippen LogP contribution in [0.5, 0.6) is 5.75 Å². The number of benzene rings is 1. The molecule has 0 saturated heterocycles. The maximum Gasteiger partial charge on any atom is 0.353 e. The van der Waals surface area contributed by atoms with E-state index in [0.29, 0.717) is 19.5 Å². The summed E-state index contributed by atoms with van der Waals surface area (Å²) in [5.74, 6) is -5.81. The molecule has 3 rings (SSSR count). The van der Waals surface area contributed by atoms with Crippen molar-refractivity contribution < 1.29 is 38.5 Å². The molecule has 12 heteroatoms. The van der Waals surface area contributed by atoms with Crippen LogP contribution < -0.4 is 10.5 Å². The number of ether oxygens (including phenoxy) is 1. The number of nitrogens with two attached hydrogens (primary N) is 1. The average molecular weight is 506 g/mol. The van der Waals surface area contributed by atoms with E-state index in [-0.39, 0.29) is 53.6 Å². The number of hydrogen-bond donors (Lipinski definition) is 4. The van der Waals surface area contributed by atoms with Crippen LogP contribution in [0, 0.1) is 17.1 Å². The van der Waals surface area contributed by atoms with Crippen LogP contribution in [-0.4, -0.2) is 57.7 Å². The smallest absolute Gasteiger partial charge is 0.353 e. The predicted molar refractivity (Wildman–Crippen MR) is 123 cm³/mol. The number of amidine groups is 1. The Morgan fingerprint density at radius 2 is 1.97 bits per heavy atom. The zero-order chi connectivity index (χ0) is 25.7. The number of carbonyl (C=O) groups excluding carboxylic acids is 2. The van der Waals surface area contributed by atoms with Gasteiger partial charge in [0.05, 0.1) is 12.5 Å². The second kappa shape index (κ2) is 11.2. The first-order chi connectivity index (χ1) is 16.5. The summed E-state index contributed by atoms with van der Waals surface area (Å²) >= 11 is 1.17. The minimum atomic E-state index is -1.20. The number of hydrogen-bond acceptors (Lipinski definition) is 8. The van der Waals surface area contributed by atoms with E-state index in [1.165, 1.54) is 23.5 Å². The summed E-state index contributed by atoms with van der Waals surface area (Å²) in [6, 6.07) is 5.29. The summed E-state index contributed by atoms with van der Waals surface area (Å²) in [6.07, 6.45) is -0.122. The molecule has 1 aromatic heterocycles. The van der Waals surface area contributed by atoms with E-state index >= 15 is 0 Å². The fourth-order valence-corrected chi connectivity index (χ4v) is 4.84. The third kappa shape index (κ3) is 6.93. The van der Waals surface area contributed by atoms with E-state index in [1.54, 1.807) is 6.07 Å². The highest BCUT2D eigenvalue weighted by Crippen LogP contribution is 2.30. The van der Waals surface area contributed by atoms with Gasteiger partial charge in [0.2, 0.25) is 0 Å². The third-order valence-corrected chi connectivity index (χ3v) is 6.68. The number of nitrogen functional groups attached to an aromatic ring is 1. The summed E-state index contributed by atoms with van der Waals surface area (Å²) in [4.78, 5) is 50.0. The molecule has 0 amide bonds. The minimum Gasteiger partial charge on any atom is -0.481 e. The molecule has 0 bridgehead atoms. The van der Waals surface area contributed by atoms with Crippen LogP contribution in [0.4, 0.5) is 4.39 Å². The summed E-state index contributed by atoms with van der Waals surface area (Å²) in [7, 11) is 0. The van der Waals surface area contributed by atoms with Crippen molar-refractivity contribution in [3.63, 3.8) is 0 Å². The van der Waals surface area contributed by atoms with Gasteiger partial charge in [-0.1, -0.05) is 0 Å². The molecule has 0 unspecified atom stereocenters. The molecule has 2 aromatic rings. The molecular weight excluding hydrogens is 481 g/mol. The van der Waals surface area contributed by atoms with Gasteiger partial charge in [0.1, 0.15) is 16.5 Å². The molecule has 0 fully saturated rings. The summed E-state index contributed by atoms with van der Waals surface area (Å²) < 4.78 is 19.3. The van der Waals surface area contributed by atoms with Gasteiger partial charge in [0.15, 0.2) is 11.6 Å². The number of ketones is 1. The lowest BCUT2D eigenvalue weighted by Crippen LogP contribution is -2.35. The van der Waals surface area contributed by atoms with Gasteiger partial charge in [-0.05, 0) is 42.7 Å². The van der Waals surface area contributed by atoms with Crippen molar-refractivity contribution in [3.8, 4) is 5.75 Å². The molecule has 0 radical (unpaired) electrons. The van der Waals surface area contributed by atoms with E-state index < -0.39 is 29.6 Å². The molecule has 5 N–H and O–H groups in total. The van der Waals surface area contributed by atoms with Crippen molar-refractivity contribution in [1.82, 2.24) is 4.90 Å². The summed E-state index contributed by atoms with van der Waals surface area (Å²) in [6.45, 7) is 0.924. The number of aliphatic carboxylic acids is 2. The van der Waals surface area contributed by atoms with E-state index in [2.05, 4.69) is 0 Å². The van der Waals surface area contributed by atoms with Crippen molar-refractivity contribution in [2.24, 2.45) is 11.7 Å². The standard InChI is InChI=1S/C23H24FN3O7S/c24-16-8-13(21(25)26)1-3-17(16)34-23(33)18-9-12-5-6-27(11-19(12)35-18)10-15(28)7-14(22(31)32)2-4-20(29)30/h1,3,8-9,14H,2,4-7,10-11H2,(H3,25,26)(H,29,30)(H,31,32)/t14-/m1/s1. The number of esters is 1.